The minimum atomic E-state index is -4.34. The fraction of sp³-hybridized carbons (Fsp3) is 0.647. The van der Waals surface area contributed by atoms with Crippen LogP contribution in [0.15, 0.2) is 18.3 Å². The number of carbonyl (C=O) groups is 1. The van der Waals surface area contributed by atoms with Gasteiger partial charge >= 0.3 is 6.18 Å². The normalized spacial score (nSPS) is 20.5. The summed E-state index contributed by atoms with van der Waals surface area (Å²) in [6.07, 6.45) is 1.50. The van der Waals surface area contributed by atoms with Crippen molar-refractivity contribution in [3.63, 3.8) is 0 Å². The van der Waals surface area contributed by atoms with E-state index in [-0.39, 0.29) is 11.8 Å². The van der Waals surface area contributed by atoms with Crippen LogP contribution in [0.25, 0.3) is 0 Å². The number of alkyl halides is 3. The van der Waals surface area contributed by atoms with Crippen molar-refractivity contribution in [2.24, 2.45) is 5.92 Å². The molecule has 2 aliphatic rings. The molecule has 0 bridgehead atoms. The predicted molar refractivity (Wildman–Crippen MR) is 86.5 cm³/mol. The number of hydrogen-bond donors (Lipinski definition) is 1. The van der Waals surface area contributed by atoms with Crippen LogP contribution in [0.2, 0.25) is 0 Å². The first kappa shape index (κ1) is 18.0. The number of nitrogens with one attached hydrogen (secondary N) is 2. The molecule has 1 aromatic rings. The Balaban J connectivity index is 1.50. The number of halogens is 3. The van der Waals surface area contributed by atoms with E-state index >= 15 is 0 Å². The van der Waals surface area contributed by atoms with E-state index in [1.807, 2.05) is 9.91 Å². The van der Waals surface area contributed by atoms with Crippen molar-refractivity contribution in [2.75, 3.05) is 31.1 Å². The Morgan fingerprint density at radius 1 is 1.08 bits per heavy atom. The molecule has 8 heteroatoms. The van der Waals surface area contributed by atoms with Crippen LogP contribution in [0.3, 0.4) is 0 Å². The largest absolute Gasteiger partial charge is 0.419 e. The predicted octanol–water partition coefficient (Wildman–Crippen LogP) is 2.25. The number of nitrogens with zero attached hydrogens (tertiary/aromatic N) is 2. The van der Waals surface area contributed by atoms with Gasteiger partial charge in [0, 0.05) is 25.1 Å². The molecule has 0 aromatic carbocycles. The molecular weight excluding hydrogens is 333 g/mol. The van der Waals surface area contributed by atoms with Gasteiger partial charge in [0.2, 0.25) is 5.91 Å². The third kappa shape index (κ3) is 4.62. The molecule has 2 saturated heterocycles. The molecule has 2 fully saturated rings. The second kappa shape index (κ2) is 7.59. The number of rotatable bonds is 3. The highest BCUT2D eigenvalue weighted by atomic mass is 19.4. The molecule has 0 radical (unpaired) electrons. The third-order valence-electron chi connectivity index (χ3n) is 4.95. The second-order valence-corrected chi connectivity index (χ2v) is 6.75. The zero-order valence-electron chi connectivity index (χ0n) is 14.1. The van der Waals surface area contributed by atoms with Crippen molar-refractivity contribution < 1.29 is 22.9 Å². The Morgan fingerprint density at radius 3 is 2.32 bits per heavy atom. The fourth-order valence-corrected chi connectivity index (χ4v) is 3.43. The van der Waals surface area contributed by atoms with Crippen LogP contribution < -0.4 is 15.3 Å². The van der Waals surface area contributed by atoms with Crippen molar-refractivity contribution in [1.29, 1.82) is 0 Å². The van der Waals surface area contributed by atoms with E-state index in [2.05, 4.69) is 10.4 Å². The first-order valence-electron chi connectivity index (χ1n) is 8.83. The molecule has 1 amide bonds. The monoisotopic (exact) mass is 357 g/mol. The highest BCUT2D eigenvalue weighted by molar-refractivity contribution is 5.78. The summed E-state index contributed by atoms with van der Waals surface area (Å²) in [4.78, 5) is 17.1. The van der Waals surface area contributed by atoms with Gasteiger partial charge in [0.05, 0.1) is 18.7 Å². The van der Waals surface area contributed by atoms with Gasteiger partial charge in [-0.3, -0.25) is 15.1 Å². The Hall–Kier alpha value is -1.83. The number of H-pyrrole nitrogens is 1. The molecule has 0 aliphatic carbocycles. The molecule has 0 unspecified atom stereocenters. The van der Waals surface area contributed by atoms with E-state index in [0.29, 0.717) is 31.7 Å². The molecule has 1 aromatic heterocycles. The molecule has 3 rings (SSSR count). The lowest BCUT2D eigenvalue weighted by Crippen LogP contribution is -2.49. The maximum Gasteiger partial charge on any atom is 0.419 e. The van der Waals surface area contributed by atoms with Gasteiger partial charge in [-0.25, -0.2) is 9.99 Å². The molecule has 2 N–H and O–H groups in total. The summed E-state index contributed by atoms with van der Waals surface area (Å²) < 4.78 is 37.8. The Labute approximate surface area is 145 Å². The topological polar surface area (TPSA) is 49.7 Å². The van der Waals surface area contributed by atoms with Crippen LogP contribution in [0.4, 0.5) is 19.0 Å². The highest BCUT2D eigenvalue weighted by Gasteiger charge is 2.33. The van der Waals surface area contributed by atoms with E-state index in [1.54, 1.807) is 0 Å². The van der Waals surface area contributed by atoms with Gasteiger partial charge in [-0.1, -0.05) is 6.42 Å². The number of piperidine rings is 2. The van der Waals surface area contributed by atoms with Gasteiger partial charge in [0.1, 0.15) is 6.20 Å². The zero-order valence-corrected chi connectivity index (χ0v) is 14.1. The summed E-state index contributed by atoms with van der Waals surface area (Å²) in [6, 6.07) is 2.54. The van der Waals surface area contributed by atoms with E-state index in [0.717, 1.165) is 38.2 Å². The number of amides is 1. The number of aromatic amines is 1. The van der Waals surface area contributed by atoms with Crippen molar-refractivity contribution in [3.8, 4) is 0 Å². The Morgan fingerprint density at radius 2 is 1.76 bits per heavy atom. The van der Waals surface area contributed by atoms with Crippen LogP contribution in [-0.2, 0) is 11.0 Å². The quantitative estimate of drug-likeness (QED) is 0.903. The van der Waals surface area contributed by atoms with E-state index in [9.17, 15) is 18.0 Å². The fourth-order valence-electron chi connectivity index (χ4n) is 3.43. The summed E-state index contributed by atoms with van der Waals surface area (Å²) in [5, 5.41) is 2.00. The lowest BCUT2D eigenvalue weighted by Gasteiger charge is -2.31. The number of pyridine rings is 1. The molecule has 138 valence electrons. The summed E-state index contributed by atoms with van der Waals surface area (Å²) in [6.45, 7) is 3.12. The average molecular weight is 357 g/mol. The first-order valence-corrected chi connectivity index (χ1v) is 8.83. The third-order valence-corrected chi connectivity index (χ3v) is 4.95. The molecule has 0 atom stereocenters. The maximum absolute atomic E-state index is 12.6. The van der Waals surface area contributed by atoms with Crippen LogP contribution in [0.1, 0.15) is 37.7 Å². The van der Waals surface area contributed by atoms with Gasteiger partial charge in [0.25, 0.3) is 5.82 Å². The summed E-state index contributed by atoms with van der Waals surface area (Å²) in [7, 11) is 0. The summed E-state index contributed by atoms with van der Waals surface area (Å²) in [5.74, 6) is 0.688. The van der Waals surface area contributed by atoms with E-state index in [4.69, 9.17) is 0 Å². The van der Waals surface area contributed by atoms with Gasteiger partial charge in [-0.2, -0.15) is 13.2 Å². The molecule has 5 nitrogen and oxygen atoms in total. The van der Waals surface area contributed by atoms with Crippen molar-refractivity contribution in [1.82, 2.24) is 10.4 Å². The van der Waals surface area contributed by atoms with Crippen molar-refractivity contribution in [3.05, 3.63) is 23.9 Å². The highest BCUT2D eigenvalue weighted by Crippen LogP contribution is 2.29. The number of hydrogen-bond acceptors (Lipinski definition) is 3. The molecule has 0 saturated carbocycles. The SMILES string of the molecule is O=C(NN1CCCCC1)C1CCN(c2ccc(C(F)(F)F)c[nH+]2)CC1. The summed E-state index contributed by atoms with van der Waals surface area (Å²) in [5.41, 5.74) is 2.32. The molecule has 2 aliphatic heterocycles. The number of carbonyl (C=O) groups excluding carboxylic acids is 1. The molecule has 0 spiro atoms. The van der Waals surface area contributed by atoms with Crippen LogP contribution in [-0.4, -0.2) is 37.1 Å². The van der Waals surface area contributed by atoms with Gasteiger partial charge in [-0.05, 0) is 31.7 Å². The smallest absolute Gasteiger partial charge is 0.289 e. The number of aromatic nitrogens is 1. The van der Waals surface area contributed by atoms with Gasteiger partial charge < -0.3 is 0 Å². The van der Waals surface area contributed by atoms with Crippen molar-refractivity contribution >= 4 is 11.7 Å². The van der Waals surface area contributed by atoms with Crippen molar-refractivity contribution in [2.45, 2.75) is 38.3 Å². The van der Waals surface area contributed by atoms with Crippen LogP contribution >= 0.6 is 0 Å². The minimum absolute atomic E-state index is 0.0346. The van der Waals surface area contributed by atoms with E-state index < -0.39 is 11.7 Å². The average Bonchev–Trinajstić information content (AvgIpc) is 2.62. The van der Waals surface area contributed by atoms with E-state index in [1.165, 1.54) is 12.5 Å². The minimum Gasteiger partial charge on any atom is -0.289 e. The Bertz CT molecular complexity index is 577. The van der Waals surface area contributed by atoms with Gasteiger partial charge in [0.15, 0.2) is 0 Å². The lowest BCUT2D eigenvalue weighted by atomic mass is 9.96. The summed E-state index contributed by atoms with van der Waals surface area (Å²) >= 11 is 0. The maximum atomic E-state index is 12.6. The van der Waals surface area contributed by atoms with Crippen LogP contribution in [0, 0.1) is 5.92 Å². The zero-order chi connectivity index (χ0) is 17.9. The van der Waals surface area contributed by atoms with Gasteiger partial charge in [-0.15, -0.1) is 0 Å². The molecule has 3 heterocycles. The standard InChI is InChI=1S/C17H23F3N4O/c18-17(19,20)14-4-5-15(21-12-14)23-10-6-13(7-11-23)16(25)22-24-8-2-1-3-9-24/h4-5,12-13H,1-3,6-11H2,(H,22,25)/p+1. The molecule has 25 heavy (non-hydrogen) atoms. The first-order chi connectivity index (χ1) is 11.9. The molecular formula is C17H24F3N4O+. The number of hydrazine groups is 1. The Kier molecular flexibility index (Phi) is 5.46. The second-order valence-electron chi connectivity index (χ2n) is 6.75. The lowest BCUT2D eigenvalue weighted by molar-refractivity contribution is -0.367. The number of anilines is 1. The van der Waals surface area contributed by atoms with Crippen LogP contribution in [0.5, 0.6) is 0 Å².